The predicted octanol–water partition coefficient (Wildman–Crippen LogP) is 5.10. The number of halogens is 1. The van der Waals surface area contributed by atoms with Gasteiger partial charge in [-0.05, 0) is 66.1 Å². The third kappa shape index (κ3) is 4.24. The van der Waals surface area contributed by atoms with Crippen molar-refractivity contribution >= 4 is 22.6 Å². The number of piperidine rings is 1. The Morgan fingerprint density at radius 2 is 1.69 bits per heavy atom. The maximum atomic E-state index is 13.4. The van der Waals surface area contributed by atoms with Crippen molar-refractivity contribution in [3.63, 3.8) is 0 Å². The monoisotopic (exact) mass is 430 g/mol. The first-order chi connectivity index (χ1) is 15.6. The van der Waals surface area contributed by atoms with Crippen molar-refractivity contribution in [1.29, 1.82) is 0 Å². The minimum absolute atomic E-state index is 0.0124. The molecule has 0 aromatic heterocycles. The normalized spacial score (nSPS) is 19.5. The van der Waals surface area contributed by atoms with Crippen LogP contribution >= 0.6 is 0 Å². The van der Waals surface area contributed by atoms with E-state index in [4.69, 9.17) is 0 Å². The molecule has 0 radical (unpaired) electrons. The van der Waals surface area contributed by atoms with Gasteiger partial charge in [0.1, 0.15) is 5.82 Å². The van der Waals surface area contributed by atoms with Crippen molar-refractivity contribution in [1.82, 2.24) is 10.2 Å². The van der Waals surface area contributed by atoms with Gasteiger partial charge < -0.3 is 10.2 Å². The molecule has 1 saturated heterocycles. The van der Waals surface area contributed by atoms with E-state index in [0.29, 0.717) is 24.6 Å². The maximum absolute atomic E-state index is 13.4. The smallest absolute Gasteiger partial charge is 0.254 e. The highest BCUT2D eigenvalue weighted by Crippen LogP contribution is 2.41. The molecule has 5 rings (SSSR count). The molecular weight excluding hydrogens is 403 g/mol. The molecule has 2 fully saturated rings. The fraction of sp³-hybridized carbons (Fsp3) is 0.333. The highest BCUT2D eigenvalue weighted by Gasteiger charge is 2.36. The van der Waals surface area contributed by atoms with Gasteiger partial charge in [0.15, 0.2) is 0 Å². The highest BCUT2D eigenvalue weighted by atomic mass is 19.1. The van der Waals surface area contributed by atoms with E-state index >= 15 is 0 Å². The van der Waals surface area contributed by atoms with Gasteiger partial charge in [-0.2, -0.15) is 0 Å². The third-order valence-corrected chi connectivity index (χ3v) is 6.72. The zero-order valence-electron chi connectivity index (χ0n) is 18.0. The van der Waals surface area contributed by atoms with E-state index in [1.807, 2.05) is 47.4 Å². The number of carbonyl (C=O) groups is 2. The van der Waals surface area contributed by atoms with Crippen molar-refractivity contribution in [3.8, 4) is 0 Å². The number of rotatable bonds is 5. The van der Waals surface area contributed by atoms with Gasteiger partial charge in [0.05, 0.1) is 12.0 Å². The van der Waals surface area contributed by atoms with E-state index in [0.717, 1.165) is 42.0 Å². The second kappa shape index (κ2) is 8.73. The molecule has 1 aliphatic heterocycles. The zero-order chi connectivity index (χ0) is 22.1. The molecule has 5 heteroatoms. The Morgan fingerprint density at radius 3 is 2.47 bits per heavy atom. The Bertz CT molecular complexity index is 1130. The number of amides is 2. The number of nitrogens with zero attached hydrogens (tertiary/aromatic N) is 1. The minimum Gasteiger partial charge on any atom is -0.349 e. The SMILES string of the molecule is O=C(NC(c1ccc(F)cc1)C1CC1)C1CCCN(C(=O)c2cccc3ccccc23)C1. The van der Waals surface area contributed by atoms with E-state index in [1.165, 1.54) is 12.1 Å². The molecule has 2 aliphatic rings. The van der Waals surface area contributed by atoms with Crippen LogP contribution in [-0.4, -0.2) is 29.8 Å². The van der Waals surface area contributed by atoms with Crippen LogP contribution in [0.3, 0.4) is 0 Å². The van der Waals surface area contributed by atoms with Gasteiger partial charge >= 0.3 is 0 Å². The lowest BCUT2D eigenvalue weighted by molar-refractivity contribution is -0.127. The Balaban J connectivity index is 1.30. The van der Waals surface area contributed by atoms with Crippen molar-refractivity contribution in [2.75, 3.05) is 13.1 Å². The second-order valence-electron chi connectivity index (χ2n) is 8.99. The number of carbonyl (C=O) groups excluding carboxylic acids is 2. The Hall–Kier alpha value is -3.21. The molecule has 1 saturated carbocycles. The zero-order valence-corrected chi connectivity index (χ0v) is 18.0. The van der Waals surface area contributed by atoms with Crippen LogP contribution in [-0.2, 0) is 4.79 Å². The van der Waals surface area contributed by atoms with Gasteiger partial charge in [0.2, 0.25) is 5.91 Å². The summed E-state index contributed by atoms with van der Waals surface area (Å²) in [6, 6.07) is 20.0. The summed E-state index contributed by atoms with van der Waals surface area (Å²) in [5.41, 5.74) is 1.63. The fourth-order valence-electron chi connectivity index (χ4n) is 4.80. The molecule has 0 spiro atoms. The number of likely N-dealkylation sites (tertiary alicyclic amines) is 1. The summed E-state index contributed by atoms with van der Waals surface area (Å²) >= 11 is 0. The average Bonchev–Trinajstić information content (AvgIpc) is 3.68. The Morgan fingerprint density at radius 1 is 0.938 bits per heavy atom. The van der Waals surface area contributed by atoms with Crippen LogP contribution in [0, 0.1) is 17.7 Å². The highest BCUT2D eigenvalue weighted by molar-refractivity contribution is 6.07. The van der Waals surface area contributed by atoms with E-state index in [1.54, 1.807) is 12.1 Å². The lowest BCUT2D eigenvalue weighted by atomic mass is 9.94. The fourth-order valence-corrected chi connectivity index (χ4v) is 4.80. The summed E-state index contributed by atoms with van der Waals surface area (Å²) < 4.78 is 13.4. The van der Waals surface area contributed by atoms with Crippen LogP contribution in [0.1, 0.15) is 47.6 Å². The summed E-state index contributed by atoms with van der Waals surface area (Å²) in [6.45, 7) is 1.09. The van der Waals surface area contributed by atoms with Crippen LogP contribution in [0.5, 0.6) is 0 Å². The second-order valence-corrected chi connectivity index (χ2v) is 8.99. The molecule has 1 heterocycles. The molecule has 2 amide bonds. The summed E-state index contributed by atoms with van der Waals surface area (Å²) in [7, 11) is 0. The van der Waals surface area contributed by atoms with Crippen LogP contribution in [0.2, 0.25) is 0 Å². The standard InChI is InChI=1S/C27H27FN2O2/c28-22-14-12-20(13-15-22)25(19-10-11-19)29-26(31)21-7-4-16-30(17-21)27(32)24-9-3-6-18-5-1-2-8-23(18)24/h1-3,5-6,8-9,12-15,19,21,25H,4,7,10-11,16-17H2,(H,29,31). The number of hydrogen-bond donors (Lipinski definition) is 1. The molecule has 4 nitrogen and oxygen atoms in total. The summed E-state index contributed by atoms with van der Waals surface area (Å²) in [6.07, 6.45) is 3.71. The number of hydrogen-bond acceptors (Lipinski definition) is 2. The van der Waals surface area contributed by atoms with Crippen LogP contribution in [0.25, 0.3) is 10.8 Å². The van der Waals surface area contributed by atoms with Crippen molar-refractivity contribution in [2.45, 2.75) is 31.7 Å². The molecule has 1 N–H and O–H groups in total. The van der Waals surface area contributed by atoms with E-state index in [9.17, 15) is 14.0 Å². The van der Waals surface area contributed by atoms with Gasteiger partial charge in [0, 0.05) is 18.7 Å². The van der Waals surface area contributed by atoms with Gasteiger partial charge in [0.25, 0.3) is 5.91 Å². The number of nitrogens with one attached hydrogen (secondary N) is 1. The third-order valence-electron chi connectivity index (χ3n) is 6.72. The van der Waals surface area contributed by atoms with Crippen LogP contribution in [0.4, 0.5) is 4.39 Å². The topological polar surface area (TPSA) is 49.4 Å². The Labute approximate surface area is 187 Å². The lowest BCUT2D eigenvalue weighted by Gasteiger charge is -2.33. The van der Waals surface area contributed by atoms with E-state index < -0.39 is 0 Å². The Kier molecular flexibility index (Phi) is 5.64. The predicted molar refractivity (Wildman–Crippen MR) is 123 cm³/mol. The van der Waals surface area contributed by atoms with Crippen molar-refractivity contribution in [2.24, 2.45) is 11.8 Å². The summed E-state index contributed by atoms with van der Waals surface area (Å²) in [5.74, 6) is -0.131. The lowest BCUT2D eigenvalue weighted by Crippen LogP contribution is -2.46. The first-order valence-corrected chi connectivity index (χ1v) is 11.4. The number of fused-ring (bicyclic) bond motifs is 1. The molecule has 2 atom stereocenters. The van der Waals surface area contributed by atoms with Crippen LogP contribution < -0.4 is 5.32 Å². The molecule has 164 valence electrons. The van der Waals surface area contributed by atoms with Crippen molar-refractivity contribution < 1.29 is 14.0 Å². The average molecular weight is 431 g/mol. The minimum atomic E-state index is -0.274. The van der Waals surface area contributed by atoms with Gasteiger partial charge in [-0.3, -0.25) is 9.59 Å². The van der Waals surface area contributed by atoms with Crippen molar-refractivity contribution in [3.05, 3.63) is 83.7 Å². The van der Waals surface area contributed by atoms with Gasteiger partial charge in [-0.15, -0.1) is 0 Å². The largest absolute Gasteiger partial charge is 0.349 e. The molecule has 0 bridgehead atoms. The van der Waals surface area contributed by atoms with Gasteiger partial charge in [-0.1, -0.05) is 48.5 Å². The first-order valence-electron chi connectivity index (χ1n) is 11.4. The molecule has 3 aromatic rings. The summed E-state index contributed by atoms with van der Waals surface area (Å²) in [4.78, 5) is 28.3. The van der Waals surface area contributed by atoms with E-state index in [-0.39, 0.29) is 29.6 Å². The molecule has 32 heavy (non-hydrogen) atoms. The number of benzene rings is 3. The molecular formula is C27H27FN2O2. The molecule has 3 aromatic carbocycles. The van der Waals surface area contributed by atoms with Crippen LogP contribution in [0.15, 0.2) is 66.7 Å². The molecule has 1 aliphatic carbocycles. The van der Waals surface area contributed by atoms with Gasteiger partial charge in [-0.25, -0.2) is 4.39 Å². The molecule has 2 unspecified atom stereocenters. The maximum Gasteiger partial charge on any atom is 0.254 e. The van der Waals surface area contributed by atoms with E-state index in [2.05, 4.69) is 5.32 Å². The summed E-state index contributed by atoms with van der Waals surface area (Å²) in [5, 5.41) is 5.19. The first kappa shape index (κ1) is 20.7. The quantitative estimate of drug-likeness (QED) is 0.612.